The first-order chi connectivity index (χ1) is 12.0. The van der Waals surface area contributed by atoms with Crippen molar-refractivity contribution < 1.29 is 14.3 Å². The Bertz CT molecular complexity index is 729. The molecule has 1 heterocycles. The monoisotopic (exact) mass is 342 g/mol. The van der Waals surface area contributed by atoms with Gasteiger partial charge in [0, 0.05) is 23.6 Å². The van der Waals surface area contributed by atoms with Crippen LogP contribution in [0.15, 0.2) is 42.6 Å². The summed E-state index contributed by atoms with van der Waals surface area (Å²) in [6.07, 6.45) is 1.57. The fraction of sp³-hybridized carbons (Fsp3) is 0.278. The van der Waals surface area contributed by atoms with Crippen molar-refractivity contribution in [2.24, 2.45) is 0 Å². The molecule has 1 aromatic carbocycles. The van der Waals surface area contributed by atoms with Gasteiger partial charge in [-0.3, -0.25) is 4.79 Å². The van der Waals surface area contributed by atoms with Crippen LogP contribution in [0.2, 0.25) is 0 Å². The highest BCUT2D eigenvalue weighted by atomic mass is 16.5. The van der Waals surface area contributed by atoms with Gasteiger partial charge in [0.15, 0.2) is 0 Å². The summed E-state index contributed by atoms with van der Waals surface area (Å²) < 4.78 is 5.36. The molecule has 1 aromatic heterocycles. The standard InChI is InChI=1S/C18H22N4O3/c1-4-25-17-15(6-5-11-19-17)16(23)21-13-7-9-14(10-8-13)22-18(24)20-12(2)3/h5-12H,4H2,1-3H3,(H,21,23)(H2,20,22,24). The second-order valence-corrected chi connectivity index (χ2v) is 5.57. The molecule has 25 heavy (non-hydrogen) atoms. The number of carbonyl (C=O) groups is 2. The lowest BCUT2D eigenvalue weighted by Crippen LogP contribution is -2.34. The highest BCUT2D eigenvalue weighted by Gasteiger charge is 2.13. The first-order valence-corrected chi connectivity index (χ1v) is 8.06. The molecule has 2 rings (SSSR count). The predicted molar refractivity (Wildman–Crippen MR) is 97.1 cm³/mol. The molecule has 0 aliphatic rings. The summed E-state index contributed by atoms with van der Waals surface area (Å²) >= 11 is 0. The highest BCUT2D eigenvalue weighted by Crippen LogP contribution is 2.18. The van der Waals surface area contributed by atoms with Crippen molar-refractivity contribution in [3.63, 3.8) is 0 Å². The lowest BCUT2D eigenvalue weighted by atomic mass is 10.2. The van der Waals surface area contributed by atoms with Crippen LogP contribution in [-0.4, -0.2) is 29.6 Å². The summed E-state index contributed by atoms with van der Waals surface area (Å²) in [5.74, 6) is -0.0130. The first-order valence-electron chi connectivity index (χ1n) is 8.06. The fourth-order valence-electron chi connectivity index (χ4n) is 2.08. The predicted octanol–water partition coefficient (Wildman–Crippen LogP) is 3.26. The summed E-state index contributed by atoms with van der Waals surface area (Å²) in [7, 11) is 0. The van der Waals surface area contributed by atoms with E-state index < -0.39 is 0 Å². The number of aromatic nitrogens is 1. The van der Waals surface area contributed by atoms with Crippen LogP contribution in [0.5, 0.6) is 5.88 Å². The van der Waals surface area contributed by atoms with Crippen LogP contribution in [0.25, 0.3) is 0 Å². The van der Waals surface area contributed by atoms with Gasteiger partial charge in [0.05, 0.1) is 6.61 Å². The van der Waals surface area contributed by atoms with Crippen molar-refractivity contribution in [3.8, 4) is 5.88 Å². The average molecular weight is 342 g/mol. The van der Waals surface area contributed by atoms with Crippen molar-refractivity contribution in [3.05, 3.63) is 48.2 Å². The molecule has 2 aromatic rings. The first kappa shape index (κ1) is 18.3. The molecule has 7 nitrogen and oxygen atoms in total. The minimum Gasteiger partial charge on any atom is -0.477 e. The summed E-state index contributed by atoms with van der Waals surface area (Å²) in [4.78, 5) is 28.1. The quantitative estimate of drug-likeness (QED) is 0.751. The van der Waals surface area contributed by atoms with Crippen molar-refractivity contribution in [1.29, 1.82) is 0 Å². The molecule has 0 aliphatic heterocycles. The van der Waals surface area contributed by atoms with E-state index in [4.69, 9.17) is 4.74 Å². The van der Waals surface area contributed by atoms with Crippen LogP contribution < -0.4 is 20.7 Å². The Hall–Kier alpha value is -3.09. The van der Waals surface area contributed by atoms with Gasteiger partial charge in [-0.1, -0.05) is 0 Å². The average Bonchev–Trinajstić information content (AvgIpc) is 2.56. The Morgan fingerprint density at radius 3 is 2.32 bits per heavy atom. The van der Waals surface area contributed by atoms with Gasteiger partial charge >= 0.3 is 6.03 Å². The molecule has 0 saturated carbocycles. The van der Waals surface area contributed by atoms with E-state index in [1.807, 2.05) is 20.8 Å². The summed E-state index contributed by atoms with van der Waals surface area (Å²) in [6, 6.07) is 9.95. The molecule has 0 saturated heterocycles. The molecule has 0 atom stereocenters. The zero-order valence-corrected chi connectivity index (χ0v) is 14.5. The van der Waals surface area contributed by atoms with E-state index in [0.717, 1.165) is 0 Å². The van der Waals surface area contributed by atoms with Crippen LogP contribution in [0.4, 0.5) is 16.2 Å². The van der Waals surface area contributed by atoms with E-state index in [0.29, 0.717) is 29.4 Å². The second kappa shape index (κ2) is 8.68. The van der Waals surface area contributed by atoms with Crippen molar-refractivity contribution in [1.82, 2.24) is 10.3 Å². The lowest BCUT2D eigenvalue weighted by Gasteiger charge is -2.11. The maximum Gasteiger partial charge on any atom is 0.319 e. The zero-order chi connectivity index (χ0) is 18.2. The minimum atomic E-state index is -0.310. The number of amides is 3. The molecule has 0 spiro atoms. The Morgan fingerprint density at radius 1 is 1.08 bits per heavy atom. The molecule has 0 radical (unpaired) electrons. The molecule has 0 fully saturated rings. The summed E-state index contributed by atoms with van der Waals surface area (Å²) in [5.41, 5.74) is 1.60. The Labute approximate surface area is 146 Å². The van der Waals surface area contributed by atoms with Crippen molar-refractivity contribution in [2.75, 3.05) is 17.2 Å². The van der Waals surface area contributed by atoms with Gasteiger partial charge < -0.3 is 20.7 Å². The number of ether oxygens (including phenoxy) is 1. The lowest BCUT2D eigenvalue weighted by molar-refractivity contribution is 0.102. The number of hydrogen-bond acceptors (Lipinski definition) is 4. The number of urea groups is 1. The molecule has 0 bridgehead atoms. The topological polar surface area (TPSA) is 92.3 Å². The summed E-state index contributed by atoms with van der Waals surface area (Å²) in [5, 5.41) is 8.24. The van der Waals surface area contributed by atoms with Crippen molar-refractivity contribution >= 4 is 23.3 Å². The number of nitrogens with zero attached hydrogens (tertiary/aromatic N) is 1. The maximum atomic E-state index is 12.4. The third-order valence-electron chi connectivity index (χ3n) is 3.12. The number of benzene rings is 1. The number of hydrogen-bond donors (Lipinski definition) is 3. The van der Waals surface area contributed by atoms with E-state index in [9.17, 15) is 9.59 Å². The smallest absolute Gasteiger partial charge is 0.319 e. The molecule has 3 amide bonds. The number of anilines is 2. The molecule has 3 N–H and O–H groups in total. The van der Waals surface area contributed by atoms with Gasteiger partial charge in [-0.25, -0.2) is 9.78 Å². The molecule has 132 valence electrons. The van der Waals surface area contributed by atoms with Crippen LogP contribution in [0.3, 0.4) is 0 Å². The Balaban J connectivity index is 2.01. The third-order valence-corrected chi connectivity index (χ3v) is 3.12. The van der Waals surface area contributed by atoms with Gasteiger partial charge in [0.1, 0.15) is 5.56 Å². The zero-order valence-electron chi connectivity index (χ0n) is 14.5. The Morgan fingerprint density at radius 2 is 1.72 bits per heavy atom. The van der Waals surface area contributed by atoms with Gasteiger partial charge in [0.25, 0.3) is 5.91 Å². The minimum absolute atomic E-state index is 0.0533. The molecular formula is C18H22N4O3. The Kier molecular flexibility index (Phi) is 6.33. The molecular weight excluding hydrogens is 320 g/mol. The van der Waals surface area contributed by atoms with Gasteiger partial charge in [0.2, 0.25) is 5.88 Å². The molecule has 0 aliphatic carbocycles. The summed E-state index contributed by atoms with van der Waals surface area (Å²) in [6.45, 7) is 6.02. The van der Waals surface area contributed by atoms with Gasteiger partial charge in [-0.05, 0) is 57.2 Å². The van der Waals surface area contributed by atoms with E-state index in [-0.39, 0.29) is 18.0 Å². The number of rotatable bonds is 6. The van der Waals surface area contributed by atoms with E-state index in [2.05, 4.69) is 20.9 Å². The molecule has 7 heteroatoms. The van der Waals surface area contributed by atoms with Crippen LogP contribution in [-0.2, 0) is 0 Å². The SMILES string of the molecule is CCOc1ncccc1C(=O)Nc1ccc(NC(=O)NC(C)C)cc1. The number of pyridine rings is 1. The van der Waals surface area contributed by atoms with Crippen LogP contribution in [0.1, 0.15) is 31.1 Å². The second-order valence-electron chi connectivity index (χ2n) is 5.57. The van der Waals surface area contributed by atoms with E-state index in [1.54, 1.807) is 42.6 Å². The number of carbonyl (C=O) groups excluding carboxylic acids is 2. The van der Waals surface area contributed by atoms with Gasteiger partial charge in [-0.2, -0.15) is 0 Å². The largest absolute Gasteiger partial charge is 0.477 e. The normalized spacial score (nSPS) is 10.2. The van der Waals surface area contributed by atoms with E-state index >= 15 is 0 Å². The third kappa shape index (κ3) is 5.49. The fourth-order valence-corrected chi connectivity index (χ4v) is 2.08. The maximum absolute atomic E-state index is 12.4. The van der Waals surface area contributed by atoms with E-state index in [1.165, 1.54) is 0 Å². The van der Waals surface area contributed by atoms with Crippen LogP contribution >= 0.6 is 0 Å². The van der Waals surface area contributed by atoms with Gasteiger partial charge in [-0.15, -0.1) is 0 Å². The van der Waals surface area contributed by atoms with Crippen molar-refractivity contribution in [2.45, 2.75) is 26.8 Å². The molecule has 0 unspecified atom stereocenters. The highest BCUT2D eigenvalue weighted by molar-refractivity contribution is 6.05. The van der Waals surface area contributed by atoms with Crippen LogP contribution in [0, 0.1) is 0 Å². The number of nitrogens with one attached hydrogen (secondary N) is 3.